The SMILES string of the molecule is C[S+](C)CC[C@H](NC(=O)OC(C)(C)C)C(=O)NC1CCN(C(=O)OCc2ccccc2)CC1.[I-]. The van der Waals surface area contributed by atoms with Crippen LogP contribution in [0.5, 0.6) is 0 Å². The molecule has 0 unspecified atom stereocenters. The Morgan fingerprint density at radius 1 is 1.12 bits per heavy atom. The molecule has 1 aliphatic heterocycles. The first-order valence-electron chi connectivity index (χ1n) is 11.3. The maximum atomic E-state index is 12.9. The predicted octanol–water partition coefficient (Wildman–Crippen LogP) is 0.0691. The van der Waals surface area contributed by atoms with Crippen molar-refractivity contribution in [2.24, 2.45) is 0 Å². The summed E-state index contributed by atoms with van der Waals surface area (Å²) in [4.78, 5) is 39.2. The van der Waals surface area contributed by atoms with E-state index in [-0.39, 0.29) is 59.5 Å². The number of piperidine rings is 1. The number of alkyl carbamates (subject to hydrolysis) is 1. The van der Waals surface area contributed by atoms with Crippen LogP contribution in [0, 0.1) is 0 Å². The minimum Gasteiger partial charge on any atom is -1.00 e. The summed E-state index contributed by atoms with van der Waals surface area (Å²) in [5.41, 5.74) is 0.311. The van der Waals surface area contributed by atoms with Gasteiger partial charge in [-0.1, -0.05) is 30.3 Å². The number of carbonyl (C=O) groups is 3. The summed E-state index contributed by atoms with van der Waals surface area (Å²) in [6.07, 6.45) is 5.10. The second-order valence-electron chi connectivity index (χ2n) is 9.49. The Labute approximate surface area is 223 Å². The highest BCUT2D eigenvalue weighted by atomic mass is 127. The van der Waals surface area contributed by atoms with Gasteiger partial charge in [-0.3, -0.25) is 4.79 Å². The van der Waals surface area contributed by atoms with Crippen molar-refractivity contribution in [2.75, 3.05) is 31.4 Å². The lowest BCUT2D eigenvalue weighted by Gasteiger charge is -2.32. The molecule has 0 aromatic heterocycles. The molecule has 3 amide bonds. The van der Waals surface area contributed by atoms with E-state index in [9.17, 15) is 14.4 Å². The lowest BCUT2D eigenvalue weighted by atomic mass is 10.0. The molecule has 0 aliphatic carbocycles. The fourth-order valence-electron chi connectivity index (χ4n) is 3.39. The van der Waals surface area contributed by atoms with E-state index < -0.39 is 17.7 Å². The number of amides is 3. The largest absolute Gasteiger partial charge is 1.00 e. The predicted molar refractivity (Wildman–Crippen MR) is 131 cm³/mol. The highest BCUT2D eigenvalue weighted by molar-refractivity contribution is 7.95. The highest BCUT2D eigenvalue weighted by Gasteiger charge is 2.30. The van der Waals surface area contributed by atoms with E-state index in [2.05, 4.69) is 23.1 Å². The van der Waals surface area contributed by atoms with Crippen LogP contribution in [-0.2, 0) is 31.8 Å². The van der Waals surface area contributed by atoms with Gasteiger partial charge in [0.15, 0.2) is 0 Å². The molecule has 10 heteroatoms. The maximum absolute atomic E-state index is 12.9. The fourth-order valence-corrected chi connectivity index (χ4v) is 4.10. The van der Waals surface area contributed by atoms with Crippen molar-refractivity contribution in [3.05, 3.63) is 35.9 Å². The van der Waals surface area contributed by atoms with Gasteiger partial charge in [0, 0.05) is 25.6 Å². The number of nitrogens with zero attached hydrogens (tertiary/aromatic N) is 1. The summed E-state index contributed by atoms with van der Waals surface area (Å²) < 4.78 is 10.7. The van der Waals surface area contributed by atoms with Crippen LogP contribution in [0.2, 0.25) is 0 Å². The van der Waals surface area contributed by atoms with Crippen LogP contribution < -0.4 is 34.6 Å². The Morgan fingerprint density at radius 3 is 2.29 bits per heavy atom. The zero-order valence-corrected chi connectivity index (χ0v) is 23.7. The third-order valence-electron chi connectivity index (χ3n) is 5.13. The van der Waals surface area contributed by atoms with E-state index in [4.69, 9.17) is 9.47 Å². The van der Waals surface area contributed by atoms with Gasteiger partial charge >= 0.3 is 12.2 Å². The Hall–Kier alpha value is -1.69. The van der Waals surface area contributed by atoms with E-state index in [1.807, 2.05) is 30.3 Å². The molecule has 192 valence electrons. The summed E-state index contributed by atoms with van der Waals surface area (Å²) in [5, 5.41) is 5.77. The van der Waals surface area contributed by atoms with Crippen molar-refractivity contribution >= 4 is 29.0 Å². The van der Waals surface area contributed by atoms with Crippen molar-refractivity contribution in [3.8, 4) is 0 Å². The molecular weight excluding hydrogens is 569 g/mol. The molecule has 1 atom stereocenters. The standard InChI is InChI=1S/C24H37N3O5S.HI/c1-24(2,3)32-22(29)26-20(13-16-33(4)5)21(28)25-19-11-14-27(15-12-19)23(30)31-17-18-9-7-6-8-10-18;/h6-10,19-20H,11-17H2,1-5H3,(H-,25,26,28,29);1H/t20-;/m0./s1. The molecule has 0 radical (unpaired) electrons. The zero-order valence-electron chi connectivity index (χ0n) is 20.8. The van der Waals surface area contributed by atoms with Gasteiger partial charge in [0.2, 0.25) is 5.91 Å². The number of rotatable bonds is 8. The van der Waals surface area contributed by atoms with Crippen molar-refractivity contribution in [2.45, 2.75) is 64.3 Å². The molecule has 1 saturated heterocycles. The lowest BCUT2D eigenvalue weighted by Crippen LogP contribution is -3.00. The molecule has 1 fully saturated rings. The minimum atomic E-state index is -0.649. The molecule has 1 aromatic rings. The van der Waals surface area contributed by atoms with E-state index >= 15 is 0 Å². The molecule has 0 saturated carbocycles. The first-order chi connectivity index (χ1) is 15.5. The van der Waals surface area contributed by atoms with Gasteiger partial charge < -0.3 is 49.0 Å². The number of nitrogens with one attached hydrogen (secondary N) is 2. The molecule has 1 aliphatic rings. The van der Waals surface area contributed by atoms with Crippen molar-refractivity contribution < 1.29 is 47.8 Å². The van der Waals surface area contributed by atoms with E-state index in [0.717, 1.165) is 11.3 Å². The van der Waals surface area contributed by atoms with Crippen LogP contribution in [0.25, 0.3) is 0 Å². The van der Waals surface area contributed by atoms with Gasteiger partial charge in [-0.15, -0.1) is 0 Å². The van der Waals surface area contributed by atoms with Crippen LogP contribution in [0.3, 0.4) is 0 Å². The lowest BCUT2D eigenvalue weighted by molar-refractivity contribution is -0.124. The average molecular weight is 608 g/mol. The average Bonchev–Trinajstić information content (AvgIpc) is 2.74. The summed E-state index contributed by atoms with van der Waals surface area (Å²) in [7, 11) is 0.150. The Balaban J connectivity index is 0.00000578. The van der Waals surface area contributed by atoms with Crippen LogP contribution in [0.4, 0.5) is 9.59 Å². The maximum Gasteiger partial charge on any atom is 0.410 e. The zero-order chi connectivity index (χ0) is 24.4. The molecule has 0 spiro atoms. The van der Waals surface area contributed by atoms with E-state index in [1.165, 1.54) is 0 Å². The molecular formula is C24H38IN3O5S. The topological polar surface area (TPSA) is 97.0 Å². The summed E-state index contributed by atoms with van der Waals surface area (Å²) >= 11 is 0. The fraction of sp³-hybridized carbons (Fsp3) is 0.625. The Morgan fingerprint density at radius 2 is 1.74 bits per heavy atom. The molecule has 34 heavy (non-hydrogen) atoms. The normalized spacial score (nSPS) is 15.2. The van der Waals surface area contributed by atoms with Gasteiger partial charge in [0.1, 0.15) is 24.0 Å². The Kier molecular flexibility index (Phi) is 13.1. The minimum absolute atomic E-state index is 0. The molecule has 1 heterocycles. The first-order valence-corrected chi connectivity index (χ1v) is 13.5. The molecule has 1 aromatic carbocycles. The summed E-state index contributed by atoms with van der Waals surface area (Å²) in [6.45, 7) is 6.62. The summed E-state index contributed by atoms with van der Waals surface area (Å²) in [6, 6.07) is 8.85. The molecule has 8 nitrogen and oxygen atoms in total. The van der Waals surface area contributed by atoms with E-state index in [0.29, 0.717) is 32.4 Å². The second-order valence-corrected chi connectivity index (χ2v) is 11.9. The summed E-state index contributed by atoms with van der Waals surface area (Å²) in [5.74, 6) is 0.621. The van der Waals surface area contributed by atoms with Crippen LogP contribution in [0.1, 0.15) is 45.6 Å². The van der Waals surface area contributed by atoms with Gasteiger partial charge in [-0.05, 0) is 50.1 Å². The van der Waals surface area contributed by atoms with E-state index in [1.54, 1.807) is 25.7 Å². The third-order valence-corrected chi connectivity index (χ3v) is 6.18. The number of ether oxygens (including phenoxy) is 2. The van der Waals surface area contributed by atoms with Crippen LogP contribution in [0.15, 0.2) is 30.3 Å². The first kappa shape index (κ1) is 30.3. The van der Waals surface area contributed by atoms with Crippen molar-refractivity contribution in [1.29, 1.82) is 0 Å². The van der Waals surface area contributed by atoms with Gasteiger partial charge in [-0.2, -0.15) is 0 Å². The van der Waals surface area contributed by atoms with Gasteiger partial charge in [0.05, 0.1) is 12.5 Å². The molecule has 2 rings (SSSR count). The van der Waals surface area contributed by atoms with Crippen molar-refractivity contribution in [1.82, 2.24) is 15.5 Å². The number of halogens is 1. The van der Waals surface area contributed by atoms with Crippen LogP contribution >= 0.6 is 0 Å². The number of hydrogen-bond acceptors (Lipinski definition) is 5. The van der Waals surface area contributed by atoms with Gasteiger partial charge in [0.25, 0.3) is 0 Å². The molecule has 2 N–H and O–H groups in total. The number of benzene rings is 1. The molecule has 0 bridgehead atoms. The smallest absolute Gasteiger partial charge is 0.410 e. The van der Waals surface area contributed by atoms with Gasteiger partial charge in [-0.25, -0.2) is 9.59 Å². The number of carbonyl (C=O) groups excluding carboxylic acids is 3. The van der Waals surface area contributed by atoms with Crippen LogP contribution in [-0.4, -0.2) is 72.0 Å². The third kappa shape index (κ3) is 11.6. The second kappa shape index (κ2) is 14.7. The monoisotopic (exact) mass is 607 g/mol. The highest BCUT2D eigenvalue weighted by Crippen LogP contribution is 2.14. The Bertz CT molecular complexity index is 781. The quantitative estimate of drug-likeness (QED) is 0.322. The number of likely N-dealkylation sites (tertiary alicyclic amines) is 1. The van der Waals surface area contributed by atoms with Crippen molar-refractivity contribution in [3.63, 3.8) is 0 Å². The number of hydrogen-bond donors (Lipinski definition) is 2.